The number of aromatic nitrogens is 5. The highest BCUT2D eigenvalue weighted by Gasteiger charge is 2.38. The number of aryl methyl sites for hydroxylation is 1. The zero-order valence-corrected chi connectivity index (χ0v) is 21.1. The number of likely N-dealkylation sites (N-methyl/N-ethyl adjacent to an activating group) is 1. The Labute approximate surface area is 203 Å². The number of pyridine rings is 1. The number of hydrogen-bond donors (Lipinski definition) is 1. The van der Waals surface area contributed by atoms with Gasteiger partial charge in [0.2, 0.25) is 11.7 Å². The predicted molar refractivity (Wildman–Crippen MR) is 131 cm³/mol. The second-order valence-electron chi connectivity index (χ2n) is 9.47. The van der Waals surface area contributed by atoms with Crippen molar-refractivity contribution >= 4 is 28.4 Å². The maximum atomic E-state index is 14.2. The summed E-state index contributed by atoms with van der Waals surface area (Å²) in [6, 6.07) is 3.36. The van der Waals surface area contributed by atoms with Crippen LogP contribution in [0.25, 0.3) is 16.7 Å². The van der Waals surface area contributed by atoms with Gasteiger partial charge in [0, 0.05) is 56.5 Å². The molecule has 1 amide bonds. The molecule has 3 aromatic rings. The van der Waals surface area contributed by atoms with E-state index in [1.54, 1.807) is 23.0 Å². The van der Waals surface area contributed by atoms with Gasteiger partial charge in [-0.1, -0.05) is 13.8 Å². The zero-order valence-electron chi connectivity index (χ0n) is 21.1. The lowest BCUT2D eigenvalue weighted by Crippen LogP contribution is -2.46. The van der Waals surface area contributed by atoms with Gasteiger partial charge in [-0.2, -0.15) is 8.78 Å². The number of hydrogen-bond acceptors (Lipinski definition) is 7. The smallest absolute Gasteiger partial charge is 0.303 e. The van der Waals surface area contributed by atoms with Crippen LogP contribution in [0.4, 0.5) is 20.4 Å². The molecule has 1 unspecified atom stereocenters. The van der Waals surface area contributed by atoms with E-state index in [1.807, 2.05) is 6.92 Å². The number of rotatable bonds is 7. The number of carbonyl (C=O) groups is 1. The SMILES string of the molecule is CCc1cc(-n2nc(N3CCC(C)(N(C)CC)C3)c3cnc(NC(C)=O)cc32)nc(C(C)(F)F)n1. The Hall–Kier alpha value is -3.21. The molecule has 1 N–H and O–H groups in total. The summed E-state index contributed by atoms with van der Waals surface area (Å²) in [5.41, 5.74) is 1.09. The average Bonchev–Trinajstić information content (AvgIpc) is 3.38. The third-order valence-electron chi connectivity index (χ3n) is 6.73. The molecule has 1 fully saturated rings. The van der Waals surface area contributed by atoms with Crippen LogP contribution in [0, 0.1) is 0 Å². The van der Waals surface area contributed by atoms with E-state index in [0.717, 1.165) is 38.4 Å². The van der Waals surface area contributed by atoms with Crippen LogP contribution in [-0.2, 0) is 17.1 Å². The lowest BCUT2D eigenvalue weighted by molar-refractivity contribution is -0.114. The highest BCUT2D eigenvalue weighted by atomic mass is 19.3. The predicted octanol–water partition coefficient (Wildman–Crippen LogP) is 3.76. The Bertz CT molecular complexity index is 1250. The molecule has 4 heterocycles. The van der Waals surface area contributed by atoms with Gasteiger partial charge in [0.05, 0.1) is 10.9 Å². The third kappa shape index (κ3) is 4.82. The summed E-state index contributed by atoms with van der Waals surface area (Å²) in [5.74, 6) is -2.71. The van der Waals surface area contributed by atoms with E-state index in [1.165, 1.54) is 6.92 Å². The number of nitrogens with zero attached hydrogens (tertiary/aromatic N) is 7. The molecule has 1 aliphatic rings. The first-order valence-corrected chi connectivity index (χ1v) is 11.8. The van der Waals surface area contributed by atoms with Crippen molar-refractivity contribution in [2.45, 2.75) is 58.9 Å². The van der Waals surface area contributed by atoms with Crippen LogP contribution in [0.3, 0.4) is 0 Å². The third-order valence-corrected chi connectivity index (χ3v) is 6.73. The van der Waals surface area contributed by atoms with Gasteiger partial charge in [0.15, 0.2) is 11.6 Å². The van der Waals surface area contributed by atoms with E-state index in [4.69, 9.17) is 5.10 Å². The molecule has 1 saturated heterocycles. The fraction of sp³-hybridized carbons (Fsp3) is 0.542. The Morgan fingerprint density at radius 2 is 2.03 bits per heavy atom. The largest absolute Gasteiger partial charge is 0.353 e. The van der Waals surface area contributed by atoms with Crippen LogP contribution in [0.1, 0.15) is 52.6 Å². The van der Waals surface area contributed by atoms with Crippen molar-refractivity contribution in [2.24, 2.45) is 0 Å². The number of halogens is 2. The van der Waals surface area contributed by atoms with Crippen molar-refractivity contribution in [2.75, 3.05) is 36.9 Å². The standard InChI is InChI=1S/C24H32F2N8O/c1-7-16-11-20(30-22(29-16)24(5,25)26)34-18-12-19(28-15(3)35)27-13-17(18)21(31-34)33-10-9-23(4,14-33)32(6)8-2/h11-13H,7-10,14H2,1-6H3,(H,27,28,35). The molecule has 1 atom stereocenters. The van der Waals surface area contributed by atoms with Gasteiger partial charge in [-0.3, -0.25) is 9.69 Å². The minimum atomic E-state index is -3.20. The lowest BCUT2D eigenvalue weighted by atomic mass is 10.00. The number of fused-ring (bicyclic) bond motifs is 1. The van der Waals surface area contributed by atoms with Crippen LogP contribution >= 0.6 is 0 Å². The summed E-state index contributed by atoms with van der Waals surface area (Å²) in [6.45, 7) is 10.9. The molecule has 9 nitrogen and oxygen atoms in total. The fourth-order valence-electron chi connectivity index (χ4n) is 4.44. The second-order valence-corrected chi connectivity index (χ2v) is 9.47. The summed E-state index contributed by atoms with van der Waals surface area (Å²) in [7, 11) is 2.11. The number of carbonyl (C=O) groups excluding carboxylic acids is 1. The molecule has 1 aliphatic heterocycles. The summed E-state index contributed by atoms with van der Waals surface area (Å²) in [4.78, 5) is 28.8. The molecule has 0 spiro atoms. The maximum Gasteiger partial charge on any atom is 0.303 e. The van der Waals surface area contributed by atoms with Gasteiger partial charge in [-0.15, -0.1) is 5.10 Å². The number of alkyl halides is 2. The molecule has 188 valence electrons. The van der Waals surface area contributed by atoms with E-state index in [2.05, 4.69) is 51.0 Å². The van der Waals surface area contributed by atoms with Gasteiger partial charge < -0.3 is 10.2 Å². The maximum absolute atomic E-state index is 14.2. The molecule has 4 rings (SSSR count). The molecule has 0 radical (unpaired) electrons. The molecule has 35 heavy (non-hydrogen) atoms. The Morgan fingerprint density at radius 3 is 2.66 bits per heavy atom. The molecule has 0 aromatic carbocycles. The molecule has 0 bridgehead atoms. The summed E-state index contributed by atoms with van der Waals surface area (Å²) in [5, 5.41) is 8.29. The Morgan fingerprint density at radius 1 is 1.29 bits per heavy atom. The van der Waals surface area contributed by atoms with Crippen LogP contribution < -0.4 is 10.2 Å². The minimum Gasteiger partial charge on any atom is -0.353 e. The first-order valence-electron chi connectivity index (χ1n) is 11.8. The summed E-state index contributed by atoms with van der Waals surface area (Å²) in [6.07, 6.45) is 3.09. The van der Waals surface area contributed by atoms with E-state index >= 15 is 0 Å². The number of anilines is 2. The molecule has 3 aromatic heterocycles. The second kappa shape index (κ2) is 9.10. The summed E-state index contributed by atoms with van der Waals surface area (Å²) >= 11 is 0. The van der Waals surface area contributed by atoms with Crippen molar-refractivity contribution in [3.8, 4) is 5.82 Å². The first kappa shape index (κ1) is 24.9. The van der Waals surface area contributed by atoms with E-state index < -0.39 is 11.7 Å². The molecule has 0 aliphatic carbocycles. The Kier molecular flexibility index (Phi) is 6.48. The Balaban J connectivity index is 1.89. The molecule has 0 saturated carbocycles. The van der Waals surface area contributed by atoms with E-state index in [0.29, 0.717) is 29.3 Å². The van der Waals surface area contributed by atoms with Gasteiger partial charge in [0.25, 0.3) is 0 Å². The molecule has 11 heteroatoms. The quantitative estimate of drug-likeness (QED) is 0.544. The van der Waals surface area contributed by atoms with Crippen LogP contribution in [0.5, 0.6) is 0 Å². The van der Waals surface area contributed by atoms with Crippen LogP contribution in [0.2, 0.25) is 0 Å². The minimum absolute atomic E-state index is 0.0177. The summed E-state index contributed by atoms with van der Waals surface area (Å²) < 4.78 is 30.0. The van der Waals surface area contributed by atoms with Crippen molar-refractivity contribution in [1.82, 2.24) is 29.6 Å². The van der Waals surface area contributed by atoms with Crippen molar-refractivity contribution < 1.29 is 13.6 Å². The van der Waals surface area contributed by atoms with Crippen molar-refractivity contribution in [1.29, 1.82) is 0 Å². The molecular formula is C24H32F2N8O. The zero-order chi connectivity index (χ0) is 25.5. The van der Waals surface area contributed by atoms with Crippen LogP contribution in [0.15, 0.2) is 18.3 Å². The van der Waals surface area contributed by atoms with Gasteiger partial charge in [0.1, 0.15) is 5.82 Å². The number of nitrogens with one attached hydrogen (secondary N) is 1. The average molecular weight is 487 g/mol. The molecular weight excluding hydrogens is 454 g/mol. The van der Waals surface area contributed by atoms with Crippen LogP contribution in [-0.4, -0.2) is 67.8 Å². The lowest BCUT2D eigenvalue weighted by Gasteiger charge is -2.34. The highest BCUT2D eigenvalue weighted by Crippen LogP contribution is 2.35. The first-order chi connectivity index (χ1) is 16.4. The van der Waals surface area contributed by atoms with Crippen molar-refractivity contribution in [3.05, 3.63) is 29.8 Å². The van der Waals surface area contributed by atoms with Crippen molar-refractivity contribution in [3.63, 3.8) is 0 Å². The topological polar surface area (TPSA) is 92.1 Å². The monoisotopic (exact) mass is 486 g/mol. The van der Waals surface area contributed by atoms with E-state index in [9.17, 15) is 13.6 Å². The van der Waals surface area contributed by atoms with Gasteiger partial charge >= 0.3 is 5.92 Å². The normalized spacial score (nSPS) is 18.6. The highest BCUT2D eigenvalue weighted by molar-refractivity contribution is 5.95. The van der Waals surface area contributed by atoms with Gasteiger partial charge in [-0.25, -0.2) is 19.6 Å². The number of amides is 1. The van der Waals surface area contributed by atoms with E-state index in [-0.39, 0.29) is 17.3 Å². The fourth-order valence-corrected chi connectivity index (χ4v) is 4.44. The van der Waals surface area contributed by atoms with Gasteiger partial charge in [-0.05, 0) is 33.4 Å².